The van der Waals surface area contributed by atoms with Crippen LogP contribution in [0.5, 0.6) is 11.5 Å². The number of ether oxygens (including phenoxy) is 1. The van der Waals surface area contributed by atoms with Crippen molar-refractivity contribution in [3.63, 3.8) is 0 Å². The maximum Gasteiger partial charge on any atom is 0.342 e. The van der Waals surface area contributed by atoms with Gasteiger partial charge in [0.15, 0.2) is 0 Å². The van der Waals surface area contributed by atoms with E-state index in [-0.39, 0.29) is 22.6 Å². The minimum atomic E-state index is -1.44. The molecule has 1 aromatic carbocycles. The SMILES string of the molecule is C[C@H]1C[C@H](O)C=C[C@H](O)[C@H](O)CC(=O)Cc2c(Cl)c(O)cc(O)c2C(=O)O1. The van der Waals surface area contributed by atoms with Crippen molar-refractivity contribution in [2.45, 2.75) is 50.6 Å². The van der Waals surface area contributed by atoms with E-state index >= 15 is 0 Å². The summed E-state index contributed by atoms with van der Waals surface area (Å²) in [5.41, 5.74) is -0.527. The number of rotatable bonds is 0. The van der Waals surface area contributed by atoms with Gasteiger partial charge in [-0.05, 0) is 6.92 Å². The van der Waals surface area contributed by atoms with Crippen LogP contribution in [0.1, 0.15) is 35.7 Å². The quantitative estimate of drug-likeness (QED) is 0.318. The molecule has 2 rings (SSSR count). The number of phenolic OH excluding ortho intramolecular Hbond substituents is 2. The molecule has 0 saturated carbocycles. The fourth-order valence-electron chi connectivity index (χ4n) is 2.78. The highest BCUT2D eigenvalue weighted by Gasteiger charge is 2.28. The number of ketones is 1. The molecule has 0 unspecified atom stereocenters. The predicted molar refractivity (Wildman–Crippen MR) is 94.8 cm³/mol. The highest BCUT2D eigenvalue weighted by Crippen LogP contribution is 2.37. The maximum absolute atomic E-state index is 12.5. The number of hydrogen-bond acceptors (Lipinski definition) is 8. The molecule has 8 nitrogen and oxygen atoms in total. The monoisotopic (exact) mass is 400 g/mol. The summed E-state index contributed by atoms with van der Waals surface area (Å²) < 4.78 is 5.19. The van der Waals surface area contributed by atoms with Crippen molar-refractivity contribution < 1.29 is 39.9 Å². The van der Waals surface area contributed by atoms with Crippen LogP contribution in [0, 0.1) is 0 Å². The molecule has 0 aliphatic carbocycles. The first-order chi connectivity index (χ1) is 12.6. The minimum absolute atomic E-state index is 0.00804. The van der Waals surface area contributed by atoms with Crippen LogP contribution in [0.15, 0.2) is 18.2 Å². The highest BCUT2D eigenvalue weighted by molar-refractivity contribution is 6.33. The molecule has 1 heterocycles. The molecular formula is C18H21ClO8. The second-order valence-electron chi connectivity index (χ2n) is 6.46. The van der Waals surface area contributed by atoms with Crippen molar-refractivity contribution in [1.29, 1.82) is 0 Å². The molecule has 0 amide bonds. The van der Waals surface area contributed by atoms with Crippen LogP contribution in [0.3, 0.4) is 0 Å². The number of hydrogen-bond donors (Lipinski definition) is 5. The lowest BCUT2D eigenvalue weighted by molar-refractivity contribution is -0.121. The van der Waals surface area contributed by atoms with E-state index in [4.69, 9.17) is 16.3 Å². The minimum Gasteiger partial charge on any atom is -0.507 e. The van der Waals surface area contributed by atoms with E-state index in [0.29, 0.717) is 0 Å². The van der Waals surface area contributed by atoms with Crippen molar-refractivity contribution in [3.05, 3.63) is 34.4 Å². The Morgan fingerprint density at radius 1 is 1.11 bits per heavy atom. The van der Waals surface area contributed by atoms with Crippen molar-refractivity contribution in [2.24, 2.45) is 0 Å². The van der Waals surface area contributed by atoms with E-state index in [0.717, 1.165) is 12.1 Å². The summed E-state index contributed by atoms with van der Waals surface area (Å²) in [6.45, 7) is 1.51. The number of aliphatic hydroxyl groups excluding tert-OH is 3. The molecule has 1 aliphatic heterocycles. The summed E-state index contributed by atoms with van der Waals surface area (Å²) >= 11 is 6.01. The summed E-state index contributed by atoms with van der Waals surface area (Å²) in [7, 11) is 0. The number of carbonyl (C=O) groups excluding carboxylic acids is 2. The van der Waals surface area contributed by atoms with Crippen LogP contribution in [-0.2, 0) is 16.0 Å². The van der Waals surface area contributed by atoms with Gasteiger partial charge >= 0.3 is 5.97 Å². The normalized spacial score (nSPS) is 27.6. The average Bonchev–Trinajstić information content (AvgIpc) is 2.56. The van der Waals surface area contributed by atoms with Gasteiger partial charge in [0.2, 0.25) is 0 Å². The van der Waals surface area contributed by atoms with E-state index in [9.17, 15) is 35.1 Å². The molecule has 4 atom stereocenters. The molecule has 27 heavy (non-hydrogen) atoms. The Kier molecular flexibility index (Phi) is 6.83. The van der Waals surface area contributed by atoms with Crippen LogP contribution >= 0.6 is 11.6 Å². The van der Waals surface area contributed by atoms with Crippen molar-refractivity contribution in [2.75, 3.05) is 0 Å². The predicted octanol–water partition coefficient (Wildman–Crippen LogP) is 0.841. The zero-order chi connectivity index (χ0) is 20.3. The smallest absolute Gasteiger partial charge is 0.342 e. The van der Waals surface area contributed by atoms with Gasteiger partial charge in [0.05, 0.1) is 23.3 Å². The van der Waals surface area contributed by atoms with Crippen LogP contribution in [0.25, 0.3) is 0 Å². The molecular weight excluding hydrogens is 380 g/mol. The molecule has 9 heteroatoms. The molecule has 1 aliphatic rings. The van der Waals surface area contributed by atoms with Crippen LogP contribution in [0.4, 0.5) is 0 Å². The fraction of sp³-hybridized carbons (Fsp3) is 0.444. The molecule has 5 N–H and O–H groups in total. The number of halogens is 1. The molecule has 1 aromatic rings. The Bertz CT molecular complexity index is 760. The summed E-state index contributed by atoms with van der Waals surface area (Å²) in [6, 6.07) is 0.858. The highest BCUT2D eigenvalue weighted by atomic mass is 35.5. The summed E-state index contributed by atoms with van der Waals surface area (Å²) in [5.74, 6) is -2.72. The van der Waals surface area contributed by atoms with E-state index < -0.39 is 60.5 Å². The maximum atomic E-state index is 12.5. The van der Waals surface area contributed by atoms with Gasteiger partial charge in [0, 0.05) is 30.9 Å². The zero-order valence-corrected chi connectivity index (χ0v) is 15.3. The summed E-state index contributed by atoms with van der Waals surface area (Å²) in [5, 5.41) is 49.3. The third-order valence-electron chi connectivity index (χ3n) is 4.14. The van der Waals surface area contributed by atoms with Crippen LogP contribution in [0.2, 0.25) is 5.02 Å². The first kappa shape index (κ1) is 21.2. The second-order valence-corrected chi connectivity index (χ2v) is 6.84. The summed E-state index contributed by atoms with van der Waals surface area (Å²) in [6.07, 6.45) is -3.27. The number of Topliss-reactive ketones (excluding diaryl/α,β-unsaturated/α-hetero) is 1. The van der Waals surface area contributed by atoms with Gasteiger partial charge in [-0.2, -0.15) is 0 Å². The lowest BCUT2D eigenvalue weighted by atomic mass is 9.96. The first-order valence-corrected chi connectivity index (χ1v) is 8.66. The number of aliphatic hydroxyl groups is 3. The molecule has 0 radical (unpaired) electrons. The molecule has 148 valence electrons. The van der Waals surface area contributed by atoms with Crippen LogP contribution < -0.4 is 0 Å². The Morgan fingerprint density at radius 2 is 1.78 bits per heavy atom. The molecule has 0 spiro atoms. The molecule has 0 fully saturated rings. The van der Waals surface area contributed by atoms with Crippen molar-refractivity contribution in [3.8, 4) is 11.5 Å². The van der Waals surface area contributed by atoms with E-state index in [2.05, 4.69) is 0 Å². The number of fused-ring (bicyclic) bond motifs is 1. The Labute approximate surface area is 160 Å². The number of esters is 1. The number of aromatic hydroxyl groups is 2. The van der Waals surface area contributed by atoms with Gasteiger partial charge < -0.3 is 30.3 Å². The van der Waals surface area contributed by atoms with E-state index in [1.807, 2.05) is 0 Å². The molecule has 0 aromatic heterocycles. The standard InChI is InChI=1S/C18H21ClO8/c1-8-4-9(20)2-3-12(22)13(23)6-10(21)5-11-16(18(26)27-8)14(24)7-15(25)17(11)19/h2-3,7-9,12-13,20,22-25H,4-6H2,1H3/t8-,9+,12-,13+/m0/s1. The number of benzene rings is 1. The lowest BCUT2D eigenvalue weighted by Gasteiger charge is -2.20. The van der Waals surface area contributed by atoms with Gasteiger partial charge in [0.25, 0.3) is 0 Å². The first-order valence-electron chi connectivity index (χ1n) is 8.28. The van der Waals surface area contributed by atoms with E-state index in [1.54, 1.807) is 0 Å². The van der Waals surface area contributed by atoms with Crippen molar-refractivity contribution in [1.82, 2.24) is 0 Å². The fourth-order valence-corrected chi connectivity index (χ4v) is 3.00. The molecule has 0 saturated heterocycles. The lowest BCUT2D eigenvalue weighted by Crippen LogP contribution is -2.29. The third-order valence-corrected chi connectivity index (χ3v) is 4.56. The number of cyclic esters (lactones) is 1. The van der Waals surface area contributed by atoms with Gasteiger partial charge in [-0.3, -0.25) is 4.79 Å². The van der Waals surface area contributed by atoms with Gasteiger partial charge in [-0.25, -0.2) is 4.79 Å². The Morgan fingerprint density at radius 3 is 2.44 bits per heavy atom. The topological polar surface area (TPSA) is 145 Å². The van der Waals surface area contributed by atoms with Gasteiger partial charge in [-0.1, -0.05) is 23.8 Å². The second kappa shape index (κ2) is 8.71. The van der Waals surface area contributed by atoms with Crippen molar-refractivity contribution >= 4 is 23.4 Å². The number of carbonyl (C=O) groups is 2. The Balaban J connectivity index is 2.49. The van der Waals surface area contributed by atoms with E-state index in [1.165, 1.54) is 13.0 Å². The van der Waals surface area contributed by atoms with Crippen LogP contribution in [-0.4, -0.2) is 61.7 Å². The van der Waals surface area contributed by atoms with Gasteiger partial charge in [-0.15, -0.1) is 0 Å². The summed E-state index contributed by atoms with van der Waals surface area (Å²) in [4.78, 5) is 24.7. The molecule has 0 bridgehead atoms. The van der Waals surface area contributed by atoms with Gasteiger partial charge in [0.1, 0.15) is 28.9 Å². The third kappa shape index (κ3) is 5.20. The average molecular weight is 401 g/mol. The Hall–Kier alpha value is -2.13. The number of phenols is 2. The zero-order valence-electron chi connectivity index (χ0n) is 14.5. The largest absolute Gasteiger partial charge is 0.507 e.